The highest BCUT2D eigenvalue weighted by molar-refractivity contribution is 6.38. The molecule has 0 spiro atoms. The molecule has 0 radical (unpaired) electrons. The van der Waals surface area contributed by atoms with Crippen LogP contribution in [0.2, 0.25) is 20.1 Å². The highest BCUT2D eigenvalue weighted by Gasteiger charge is 2.27. The van der Waals surface area contributed by atoms with Crippen LogP contribution >= 0.6 is 46.4 Å². The number of fused-ring (bicyclic) bond motifs is 2. The molecule has 8 rings (SSSR count). The fraction of sp³-hybridized carbons (Fsp3) is 0.261. The van der Waals surface area contributed by atoms with Crippen molar-refractivity contribution < 1.29 is 14.3 Å². The van der Waals surface area contributed by atoms with E-state index in [4.69, 9.17) is 51.1 Å². The van der Waals surface area contributed by atoms with Crippen molar-refractivity contribution in [1.82, 2.24) is 19.8 Å². The van der Waals surface area contributed by atoms with Gasteiger partial charge in [0.2, 0.25) is 5.91 Å². The zero-order valence-electron chi connectivity index (χ0n) is 33.1. The topological polar surface area (TPSA) is 82.1 Å². The molecule has 59 heavy (non-hydrogen) atoms. The minimum absolute atomic E-state index is 0.0213. The van der Waals surface area contributed by atoms with E-state index in [1.54, 1.807) is 17.3 Å². The largest absolute Gasteiger partial charge is 0.444 e. The van der Waals surface area contributed by atoms with Gasteiger partial charge in [-0.1, -0.05) is 89.4 Å². The van der Waals surface area contributed by atoms with Crippen LogP contribution in [0.5, 0.6) is 0 Å². The Bertz CT molecular complexity index is 2530. The van der Waals surface area contributed by atoms with E-state index in [1.165, 1.54) is 6.08 Å². The smallest absolute Gasteiger partial charge is 0.410 e. The minimum Gasteiger partial charge on any atom is -0.444 e. The molecular formula is C46H44Cl4N6O3. The molecule has 2 saturated heterocycles. The first-order chi connectivity index (χ1) is 28.3. The summed E-state index contributed by atoms with van der Waals surface area (Å²) < 4.78 is 5.51. The molecule has 2 aromatic heterocycles. The number of aromatic nitrogens is 2. The van der Waals surface area contributed by atoms with Gasteiger partial charge in [-0.25, -0.2) is 4.79 Å². The zero-order chi connectivity index (χ0) is 41.8. The Morgan fingerprint density at radius 3 is 1.42 bits per heavy atom. The summed E-state index contributed by atoms with van der Waals surface area (Å²) in [5.74, 6) is -0.0213. The molecule has 4 aromatic carbocycles. The van der Waals surface area contributed by atoms with Crippen LogP contribution in [0.4, 0.5) is 16.2 Å². The van der Waals surface area contributed by atoms with Crippen molar-refractivity contribution in [3.05, 3.63) is 130 Å². The van der Waals surface area contributed by atoms with Crippen LogP contribution in [-0.4, -0.2) is 89.7 Å². The highest BCUT2D eigenvalue weighted by Crippen LogP contribution is 2.40. The lowest BCUT2D eigenvalue weighted by Gasteiger charge is -2.37. The van der Waals surface area contributed by atoms with Crippen molar-refractivity contribution in [3.8, 4) is 22.3 Å². The normalized spacial score (nSPS) is 14.6. The number of anilines is 2. The van der Waals surface area contributed by atoms with Gasteiger partial charge in [0.1, 0.15) is 5.60 Å². The summed E-state index contributed by atoms with van der Waals surface area (Å²) in [6.45, 7) is 14.7. The molecule has 9 nitrogen and oxygen atoms in total. The van der Waals surface area contributed by atoms with Crippen molar-refractivity contribution in [1.29, 1.82) is 0 Å². The number of amides is 2. The molecule has 0 aliphatic carbocycles. The lowest BCUT2D eigenvalue weighted by molar-refractivity contribution is -0.126. The van der Waals surface area contributed by atoms with Gasteiger partial charge in [-0.2, -0.15) is 0 Å². The van der Waals surface area contributed by atoms with Gasteiger partial charge in [0, 0.05) is 119 Å². The monoisotopic (exact) mass is 868 g/mol. The van der Waals surface area contributed by atoms with Gasteiger partial charge in [-0.05, 0) is 75.4 Å². The fourth-order valence-electron chi connectivity index (χ4n) is 7.38. The SMILES string of the molecule is C=CC(=O)N1CCN(c2ccnc3cc(Cl)c(-c4ccccc4Cl)cc23)CC1.CC(C)(C)OC(=O)N1CCN(c2ccnc3cc(Cl)c(-c4ccccc4Cl)cc23)CC1. The van der Waals surface area contributed by atoms with Crippen LogP contribution in [0.3, 0.4) is 0 Å². The van der Waals surface area contributed by atoms with E-state index in [0.717, 1.165) is 68.5 Å². The van der Waals surface area contributed by atoms with Gasteiger partial charge in [0.15, 0.2) is 0 Å². The second-order valence-corrected chi connectivity index (χ2v) is 16.9. The second-order valence-electron chi connectivity index (χ2n) is 15.3. The Balaban J connectivity index is 0.000000180. The molecule has 2 fully saturated rings. The Hall–Kier alpha value is -5.06. The van der Waals surface area contributed by atoms with Crippen LogP contribution in [0.15, 0.2) is 110 Å². The van der Waals surface area contributed by atoms with Crippen molar-refractivity contribution in [2.24, 2.45) is 0 Å². The number of piperazine rings is 2. The average molecular weight is 871 g/mol. The van der Waals surface area contributed by atoms with E-state index in [9.17, 15) is 9.59 Å². The molecule has 6 aromatic rings. The Morgan fingerprint density at radius 2 is 1.02 bits per heavy atom. The number of ether oxygens (including phenoxy) is 1. The third kappa shape index (κ3) is 9.55. The van der Waals surface area contributed by atoms with Crippen molar-refractivity contribution in [3.63, 3.8) is 0 Å². The molecule has 2 aliphatic heterocycles. The van der Waals surface area contributed by atoms with Gasteiger partial charge in [-0.3, -0.25) is 14.8 Å². The molecule has 0 bridgehead atoms. The molecular weight excluding hydrogens is 826 g/mol. The molecule has 13 heteroatoms. The zero-order valence-corrected chi connectivity index (χ0v) is 36.1. The first-order valence-corrected chi connectivity index (χ1v) is 20.9. The lowest BCUT2D eigenvalue weighted by atomic mass is 10.0. The Labute approximate surface area is 364 Å². The molecule has 0 atom stereocenters. The molecule has 0 N–H and O–H groups in total. The molecule has 304 valence electrons. The first-order valence-electron chi connectivity index (χ1n) is 19.4. The van der Waals surface area contributed by atoms with Crippen molar-refractivity contribution in [2.75, 3.05) is 62.2 Å². The number of carbonyl (C=O) groups excluding carboxylic acids is 2. The van der Waals surface area contributed by atoms with E-state index in [2.05, 4.69) is 38.5 Å². The lowest BCUT2D eigenvalue weighted by Crippen LogP contribution is -2.50. The van der Waals surface area contributed by atoms with Crippen LogP contribution < -0.4 is 9.80 Å². The van der Waals surface area contributed by atoms with Gasteiger partial charge in [-0.15, -0.1) is 0 Å². The third-order valence-electron chi connectivity index (χ3n) is 10.3. The fourth-order valence-corrected chi connectivity index (χ4v) is 8.38. The first kappa shape index (κ1) is 42.1. The predicted octanol–water partition coefficient (Wildman–Crippen LogP) is 11.3. The summed E-state index contributed by atoms with van der Waals surface area (Å²) in [6, 6.07) is 27.2. The maximum absolute atomic E-state index is 12.4. The van der Waals surface area contributed by atoms with Gasteiger partial charge >= 0.3 is 6.09 Å². The van der Waals surface area contributed by atoms with E-state index >= 15 is 0 Å². The number of rotatable bonds is 5. The number of nitrogens with zero attached hydrogens (tertiary/aromatic N) is 6. The van der Waals surface area contributed by atoms with Crippen molar-refractivity contribution in [2.45, 2.75) is 26.4 Å². The van der Waals surface area contributed by atoms with E-state index in [1.807, 2.05) is 98.5 Å². The molecule has 0 unspecified atom stereocenters. The quantitative estimate of drug-likeness (QED) is 0.160. The summed E-state index contributed by atoms with van der Waals surface area (Å²) in [7, 11) is 0. The second kappa shape index (κ2) is 18.1. The average Bonchev–Trinajstić information content (AvgIpc) is 3.23. The number of hydrogen-bond acceptors (Lipinski definition) is 7. The van der Waals surface area contributed by atoms with Gasteiger partial charge in [0.25, 0.3) is 0 Å². The van der Waals surface area contributed by atoms with Gasteiger partial charge in [0.05, 0.1) is 21.1 Å². The number of benzene rings is 4. The summed E-state index contributed by atoms with van der Waals surface area (Å²) in [5.41, 5.74) is 6.86. The van der Waals surface area contributed by atoms with Crippen molar-refractivity contribution >= 4 is 91.6 Å². The number of halogens is 4. The Morgan fingerprint density at radius 1 is 0.593 bits per heavy atom. The van der Waals surface area contributed by atoms with E-state index < -0.39 is 5.60 Å². The summed E-state index contributed by atoms with van der Waals surface area (Å²) >= 11 is 26.0. The number of pyridine rings is 2. The third-order valence-corrected chi connectivity index (χ3v) is 11.6. The van der Waals surface area contributed by atoms with Crippen LogP contribution in [0.1, 0.15) is 20.8 Å². The van der Waals surface area contributed by atoms with Crippen LogP contribution in [0.25, 0.3) is 44.1 Å². The number of carbonyl (C=O) groups is 2. The summed E-state index contributed by atoms with van der Waals surface area (Å²) in [6.07, 6.45) is 4.70. The van der Waals surface area contributed by atoms with Crippen LogP contribution in [-0.2, 0) is 9.53 Å². The molecule has 2 aliphatic rings. The number of hydrogen-bond donors (Lipinski definition) is 0. The van der Waals surface area contributed by atoms with Crippen LogP contribution in [0, 0.1) is 0 Å². The Kier molecular flexibility index (Phi) is 12.9. The molecule has 4 heterocycles. The standard InChI is InChI=1S/C24H25Cl2N3O2.C22H19Cl2N3O/c1-24(2,3)31-23(30)29-12-10-28(11-13-29)22-8-9-27-21-15-20(26)17(14-18(21)22)16-6-4-5-7-19(16)25;1-2-22(28)27-11-9-26(10-12-27)21-7-8-25-20-14-19(24)16(13-17(20)21)15-5-3-4-6-18(15)23/h4-9,14-15H,10-13H2,1-3H3;2-8,13-14H,1,9-12H2. The predicted molar refractivity (Wildman–Crippen MR) is 243 cm³/mol. The van der Waals surface area contributed by atoms with E-state index in [-0.39, 0.29) is 12.0 Å². The maximum Gasteiger partial charge on any atom is 0.410 e. The highest BCUT2D eigenvalue weighted by atomic mass is 35.5. The molecule has 0 saturated carbocycles. The molecule has 2 amide bonds. The van der Waals surface area contributed by atoms with Gasteiger partial charge < -0.3 is 24.3 Å². The minimum atomic E-state index is -0.496. The summed E-state index contributed by atoms with van der Waals surface area (Å²) in [4.78, 5) is 41.4. The van der Waals surface area contributed by atoms with E-state index in [0.29, 0.717) is 59.4 Å². The maximum atomic E-state index is 12.4. The summed E-state index contributed by atoms with van der Waals surface area (Å²) in [5, 5.41) is 4.57.